The normalized spacial score (nSPS) is 13.3. The fraction of sp³-hybridized carbons (Fsp3) is 0.520. The Kier molecular flexibility index (Phi) is 8.64. The van der Waals surface area contributed by atoms with Crippen LogP contribution in [0.5, 0.6) is 0 Å². The minimum Gasteiger partial charge on any atom is -0.261 e. The Morgan fingerprint density at radius 1 is 0.667 bits per heavy atom. The number of aromatic nitrogens is 2. The van der Waals surface area contributed by atoms with Crippen LogP contribution in [-0.2, 0) is 0 Å². The van der Waals surface area contributed by atoms with Crippen molar-refractivity contribution in [3.63, 3.8) is 0 Å². The van der Waals surface area contributed by atoms with E-state index in [1.165, 1.54) is 21.2 Å². The lowest BCUT2D eigenvalue weighted by atomic mass is 10.5. The molecule has 166 valence electrons. The van der Waals surface area contributed by atoms with Crippen molar-refractivity contribution < 1.29 is 0 Å². The van der Waals surface area contributed by atoms with Crippen LogP contribution >= 0.6 is 22.4 Å². The first-order valence-corrected chi connectivity index (χ1v) is 17.0. The third-order valence-electron chi connectivity index (χ3n) is 6.86. The van der Waals surface area contributed by atoms with Crippen molar-refractivity contribution in [3.05, 3.63) is 50.2 Å². The van der Waals surface area contributed by atoms with Gasteiger partial charge in [0.2, 0.25) is 0 Å². The van der Waals surface area contributed by atoms with Crippen LogP contribution in [0.1, 0.15) is 55.4 Å². The zero-order valence-corrected chi connectivity index (χ0v) is 23.1. The van der Waals surface area contributed by atoms with Gasteiger partial charge in [-0.25, -0.2) is 0 Å². The molecule has 2 rings (SSSR count). The second kappa shape index (κ2) is 10.0. The van der Waals surface area contributed by atoms with E-state index in [9.17, 15) is 0 Å². The SMILES string of the molecule is [CH2-][P+](c1cnccc1P(C)c1ccncc1[P+]([CH2-])(C(C)C)C(C)C)(C(C)C)C(C)C. The van der Waals surface area contributed by atoms with Crippen molar-refractivity contribution in [3.8, 4) is 0 Å². The maximum Gasteiger partial charge on any atom is 0.0912 e. The van der Waals surface area contributed by atoms with Crippen LogP contribution < -0.4 is 21.2 Å². The lowest BCUT2D eigenvalue weighted by Gasteiger charge is -2.41. The molecule has 2 nitrogen and oxygen atoms in total. The van der Waals surface area contributed by atoms with E-state index in [-0.39, 0.29) is 0 Å². The molecule has 0 saturated carbocycles. The van der Waals surface area contributed by atoms with Gasteiger partial charge in [0.25, 0.3) is 0 Å². The van der Waals surface area contributed by atoms with Crippen molar-refractivity contribution in [2.24, 2.45) is 0 Å². The Hall–Kier alpha value is -0.410. The molecule has 0 aliphatic heterocycles. The summed E-state index contributed by atoms with van der Waals surface area (Å²) in [6.45, 7) is 30.8. The summed E-state index contributed by atoms with van der Waals surface area (Å²) < 4.78 is 0. The molecule has 0 saturated heterocycles. The zero-order chi connectivity index (χ0) is 22.9. The Morgan fingerprint density at radius 2 is 0.967 bits per heavy atom. The number of rotatable bonds is 8. The number of nitrogens with zero attached hydrogens (tertiary/aromatic N) is 2. The maximum absolute atomic E-state index is 4.87. The van der Waals surface area contributed by atoms with Gasteiger partial charge in [-0.15, -0.1) is 0 Å². The average molecular weight is 463 g/mol. The minimum absolute atomic E-state index is 0.534. The van der Waals surface area contributed by atoms with Gasteiger partial charge in [0, 0.05) is 45.6 Å². The molecule has 30 heavy (non-hydrogen) atoms. The van der Waals surface area contributed by atoms with Crippen LogP contribution in [0.15, 0.2) is 36.9 Å². The van der Waals surface area contributed by atoms with E-state index < -0.39 is 22.4 Å². The average Bonchev–Trinajstić information content (AvgIpc) is 2.71. The molecule has 0 aromatic carbocycles. The summed E-state index contributed by atoms with van der Waals surface area (Å²) >= 11 is 0. The van der Waals surface area contributed by atoms with E-state index in [4.69, 9.17) is 13.3 Å². The Balaban J connectivity index is 2.73. The van der Waals surface area contributed by atoms with Crippen molar-refractivity contribution in [2.75, 3.05) is 6.66 Å². The highest BCUT2D eigenvalue weighted by atomic mass is 31.2. The Morgan fingerprint density at radius 3 is 1.23 bits per heavy atom. The van der Waals surface area contributed by atoms with Gasteiger partial charge in [-0.3, -0.25) is 9.97 Å². The second-order valence-electron chi connectivity index (χ2n) is 9.52. The molecule has 0 aliphatic rings. The molecule has 5 heteroatoms. The van der Waals surface area contributed by atoms with Gasteiger partial charge in [-0.2, -0.15) is 13.3 Å². The fourth-order valence-electron chi connectivity index (χ4n) is 4.40. The second-order valence-corrected chi connectivity index (χ2v) is 20.4. The van der Waals surface area contributed by atoms with E-state index in [2.05, 4.69) is 96.5 Å². The molecule has 0 aliphatic carbocycles. The standard InChI is InChI=1S/C25H41N2P3/c1-18(2)29(10,19(3)4)24-16-26-14-12-22(24)28(9)23-13-15-27-17-25(23)30(11,20(5)6)21(7)8/h12-21H,10-11H2,1-9H3. The van der Waals surface area contributed by atoms with Gasteiger partial charge >= 0.3 is 0 Å². The fourth-order valence-corrected chi connectivity index (χ4v) is 14.2. The van der Waals surface area contributed by atoms with E-state index in [1.54, 1.807) is 0 Å². The summed E-state index contributed by atoms with van der Waals surface area (Å²) in [6.07, 6.45) is 8.16. The Bertz CT molecular complexity index is 760. The predicted molar refractivity (Wildman–Crippen MR) is 145 cm³/mol. The van der Waals surface area contributed by atoms with Crippen molar-refractivity contribution in [2.45, 2.75) is 78.0 Å². The van der Waals surface area contributed by atoms with E-state index in [1.807, 2.05) is 12.4 Å². The third-order valence-corrected chi connectivity index (χ3v) is 19.3. The van der Waals surface area contributed by atoms with E-state index in [0.717, 1.165) is 0 Å². The first-order chi connectivity index (χ1) is 13.9. The molecular formula is C25H41N2P3. The quantitative estimate of drug-likeness (QED) is 0.353. The van der Waals surface area contributed by atoms with Crippen LogP contribution in [0, 0.1) is 13.3 Å². The summed E-state index contributed by atoms with van der Waals surface area (Å²) in [5.74, 6) is 0. The molecule has 2 aromatic rings. The maximum atomic E-state index is 4.87. The monoisotopic (exact) mass is 462 g/mol. The molecular weight excluding hydrogens is 421 g/mol. The largest absolute Gasteiger partial charge is 0.261 e. The molecule has 0 fully saturated rings. The molecule has 0 unspecified atom stereocenters. The first-order valence-electron chi connectivity index (χ1n) is 11.0. The third kappa shape index (κ3) is 4.53. The number of hydrogen-bond acceptors (Lipinski definition) is 2. The highest BCUT2D eigenvalue weighted by molar-refractivity contribution is 7.89. The van der Waals surface area contributed by atoms with Crippen LogP contribution in [0.4, 0.5) is 0 Å². The minimum atomic E-state index is -1.59. The highest BCUT2D eigenvalue weighted by Crippen LogP contribution is 2.66. The summed E-state index contributed by atoms with van der Waals surface area (Å²) in [7, 11) is -3.72. The van der Waals surface area contributed by atoms with Gasteiger partial charge in [0.15, 0.2) is 0 Å². The van der Waals surface area contributed by atoms with Gasteiger partial charge in [-0.1, -0.05) is 14.5 Å². The molecule has 0 N–H and O–H groups in total. The van der Waals surface area contributed by atoms with Crippen LogP contribution in [0.25, 0.3) is 0 Å². The van der Waals surface area contributed by atoms with E-state index >= 15 is 0 Å². The van der Waals surface area contributed by atoms with Crippen LogP contribution in [-0.4, -0.2) is 39.3 Å². The highest BCUT2D eigenvalue weighted by Gasteiger charge is 2.41. The molecule has 0 radical (unpaired) electrons. The summed E-state index contributed by atoms with van der Waals surface area (Å²) in [6, 6.07) is 4.51. The van der Waals surface area contributed by atoms with Crippen molar-refractivity contribution in [1.82, 2.24) is 9.97 Å². The molecule has 0 atom stereocenters. The zero-order valence-electron chi connectivity index (χ0n) is 20.4. The van der Waals surface area contributed by atoms with E-state index in [0.29, 0.717) is 22.6 Å². The molecule has 0 bridgehead atoms. The van der Waals surface area contributed by atoms with Gasteiger partial charge < -0.3 is 0 Å². The summed E-state index contributed by atoms with van der Waals surface area (Å²) in [5.41, 5.74) is 2.14. The molecule has 0 amide bonds. The van der Waals surface area contributed by atoms with Crippen LogP contribution in [0.2, 0.25) is 0 Å². The lowest BCUT2D eigenvalue weighted by molar-refractivity contribution is 1.00. The molecule has 2 aromatic heterocycles. The van der Waals surface area contributed by atoms with Crippen molar-refractivity contribution in [1.29, 1.82) is 0 Å². The van der Waals surface area contributed by atoms with Crippen LogP contribution in [0.3, 0.4) is 0 Å². The van der Waals surface area contributed by atoms with Gasteiger partial charge in [0.1, 0.15) is 0 Å². The first kappa shape index (κ1) is 25.8. The van der Waals surface area contributed by atoms with Gasteiger partial charge in [0.05, 0.1) is 23.0 Å². The predicted octanol–water partition coefficient (Wildman–Crippen LogP) is 6.04. The molecule has 0 spiro atoms. The number of hydrogen-bond donors (Lipinski definition) is 0. The van der Waals surface area contributed by atoms with Gasteiger partial charge in [-0.05, 0) is 82.1 Å². The lowest BCUT2D eigenvalue weighted by Crippen LogP contribution is -2.39. The smallest absolute Gasteiger partial charge is 0.0912 e. The summed E-state index contributed by atoms with van der Waals surface area (Å²) in [5, 5.41) is 5.71. The van der Waals surface area contributed by atoms with Crippen molar-refractivity contribution >= 4 is 43.7 Å². The Labute approximate surface area is 188 Å². The molecule has 2 heterocycles. The topological polar surface area (TPSA) is 25.8 Å². The number of pyridine rings is 2. The summed E-state index contributed by atoms with van der Waals surface area (Å²) in [4.78, 5) is 9.12.